The van der Waals surface area contributed by atoms with E-state index in [0.29, 0.717) is 6.42 Å². The van der Waals surface area contributed by atoms with E-state index in [1.807, 2.05) is 6.92 Å². The number of halogens is 3. The summed E-state index contributed by atoms with van der Waals surface area (Å²) in [7, 11) is 0. The second-order valence-electron chi connectivity index (χ2n) is 9.74. The van der Waals surface area contributed by atoms with Gasteiger partial charge in [0.25, 0.3) is 5.90 Å². The fourth-order valence-corrected chi connectivity index (χ4v) is 4.34. The van der Waals surface area contributed by atoms with Crippen molar-refractivity contribution in [3.63, 3.8) is 0 Å². The Labute approximate surface area is 247 Å². The predicted octanol–water partition coefficient (Wildman–Crippen LogP) is 6.68. The summed E-state index contributed by atoms with van der Waals surface area (Å²) in [6.45, 7) is 3.74. The van der Waals surface area contributed by atoms with E-state index in [-0.39, 0.29) is 23.4 Å². The van der Waals surface area contributed by atoms with Crippen LogP contribution in [0.15, 0.2) is 96.0 Å². The summed E-state index contributed by atoms with van der Waals surface area (Å²) in [5.41, 5.74) is 0.274. The number of rotatable bonds is 10. The van der Waals surface area contributed by atoms with Gasteiger partial charge in [-0.25, -0.2) is 14.6 Å². The predicted molar refractivity (Wildman–Crippen MR) is 151 cm³/mol. The Kier molecular flexibility index (Phi) is 10.9. The van der Waals surface area contributed by atoms with E-state index in [1.54, 1.807) is 49.4 Å². The first-order valence-electron chi connectivity index (χ1n) is 13.8. The van der Waals surface area contributed by atoms with Crippen LogP contribution >= 0.6 is 0 Å². The molecular formula is C32H32F3NO7. The topological polar surface area (TPSA) is 92.7 Å². The normalized spacial score (nSPS) is 22.4. The van der Waals surface area contributed by atoms with E-state index >= 15 is 0 Å². The molecule has 0 radical (unpaired) electrons. The summed E-state index contributed by atoms with van der Waals surface area (Å²) in [4.78, 5) is 30.1. The first-order valence-corrected chi connectivity index (χ1v) is 13.8. The summed E-state index contributed by atoms with van der Waals surface area (Å²) in [6, 6.07) is 23.3. The highest BCUT2D eigenvalue weighted by atomic mass is 19.4. The SMILES string of the molecule is CCCCO[C@H]1C(C)O[C@@H](OC(=Nc2ccccc2)C(F)(F)F)C(OC(=O)c2ccccc2)[C@H]1OC(=O)c1ccccc1. The molecule has 0 spiro atoms. The van der Waals surface area contributed by atoms with Crippen molar-refractivity contribution in [2.75, 3.05) is 6.61 Å². The van der Waals surface area contributed by atoms with Gasteiger partial charge in [0.2, 0.25) is 12.4 Å². The van der Waals surface area contributed by atoms with Gasteiger partial charge in [-0.3, -0.25) is 0 Å². The number of esters is 2. The van der Waals surface area contributed by atoms with Crippen LogP contribution in [0.4, 0.5) is 18.9 Å². The number of aliphatic imine (C=N–C) groups is 1. The summed E-state index contributed by atoms with van der Waals surface area (Å²) in [5.74, 6) is -3.31. The number of carbonyl (C=O) groups excluding carboxylic acids is 2. The first-order chi connectivity index (χ1) is 20.7. The first kappa shape index (κ1) is 31.7. The molecule has 1 heterocycles. The quantitative estimate of drug-likeness (QED) is 0.111. The van der Waals surface area contributed by atoms with Crippen molar-refractivity contribution in [2.45, 2.75) is 63.6 Å². The van der Waals surface area contributed by atoms with Gasteiger partial charge in [-0.1, -0.05) is 67.9 Å². The maximum absolute atomic E-state index is 14.2. The molecule has 0 amide bonds. The maximum atomic E-state index is 14.2. The number of para-hydroxylation sites is 1. The minimum Gasteiger partial charge on any atom is -0.452 e. The molecule has 0 aliphatic carbocycles. The molecule has 0 N–H and O–H groups in total. The van der Waals surface area contributed by atoms with Gasteiger partial charge in [0.1, 0.15) is 6.10 Å². The lowest BCUT2D eigenvalue weighted by atomic mass is 9.98. The molecule has 1 fully saturated rings. The number of carbonyl (C=O) groups is 2. The molecule has 228 valence electrons. The largest absolute Gasteiger partial charge is 0.468 e. The summed E-state index contributed by atoms with van der Waals surface area (Å²) in [5, 5.41) is 0. The molecule has 0 saturated carbocycles. The van der Waals surface area contributed by atoms with Gasteiger partial charge in [0.05, 0.1) is 22.9 Å². The second-order valence-corrected chi connectivity index (χ2v) is 9.74. The van der Waals surface area contributed by atoms with Crippen molar-refractivity contribution in [1.29, 1.82) is 0 Å². The van der Waals surface area contributed by atoms with Crippen molar-refractivity contribution in [2.24, 2.45) is 4.99 Å². The fourth-order valence-electron chi connectivity index (χ4n) is 4.34. The molecule has 4 rings (SSSR count). The smallest absolute Gasteiger partial charge is 0.452 e. The van der Waals surface area contributed by atoms with E-state index in [4.69, 9.17) is 23.7 Å². The highest BCUT2D eigenvalue weighted by Crippen LogP contribution is 2.33. The van der Waals surface area contributed by atoms with Gasteiger partial charge < -0.3 is 23.7 Å². The Morgan fingerprint density at radius 2 is 1.28 bits per heavy atom. The van der Waals surface area contributed by atoms with E-state index in [1.165, 1.54) is 48.5 Å². The highest BCUT2D eigenvalue weighted by Gasteiger charge is 2.53. The van der Waals surface area contributed by atoms with E-state index in [2.05, 4.69) is 4.99 Å². The van der Waals surface area contributed by atoms with Crippen molar-refractivity contribution < 1.29 is 46.4 Å². The number of ether oxygens (including phenoxy) is 5. The number of hydrogen-bond donors (Lipinski definition) is 0. The molecule has 11 heteroatoms. The zero-order valence-electron chi connectivity index (χ0n) is 23.6. The van der Waals surface area contributed by atoms with Crippen LogP contribution in [0.2, 0.25) is 0 Å². The maximum Gasteiger partial charge on any atom is 0.468 e. The van der Waals surface area contributed by atoms with Gasteiger partial charge in [-0.15, -0.1) is 0 Å². The molecule has 0 aromatic heterocycles. The summed E-state index contributed by atoms with van der Waals surface area (Å²) in [6.07, 6.45) is -10.5. The Balaban J connectivity index is 1.74. The lowest BCUT2D eigenvalue weighted by Crippen LogP contribution is -2.61. The molecule has 1 aliphatic rings. The molecule has 5 atom stereocenters. The van der Waals surface area contributed by atoms with Crippen LogP contribution in [0, 0.1) is 0 Å². The highest BCUT2D eigenvalue weighted by molar-refractivity contribution is 5.90. The number of hydrogen-bond acceptors (Lipinski definition) is 8. The Hall–Kier alpha value is -4.22. The summed E-state index contributed by atoms with van der Waals surface area (Å²) >= 11 is 0. The lowest BCUT2D eigenvalue weighted by Gasteiger charge is -2.44. The van der Waals surface area contributed by atoms with E-state index in [0.717, 1.165) is 6.42 Å². The molecule has 1 aliphatic heterocycles. The Morgan fingerprint density at radius 3 is 1.79 bits per heavy atom. The standard InChI is InChI=1S/C32H32F3NO7/c1-3-4-20-39-25-21(2)40-30(43-31(32(33,34)35)36-24-18-12-7-13-19-24)27(42-29(38)23-16-10-6-11-17-23)26(25)41-28(37)22-14-8-5-9-15-22/h5-19,21,25-27,30H,3-4,20H2,1-2H3/t21?,25-,26-,27?,30-/m0/s1. The minimum absolute atomic E-state index is 0.0238. The lowest BCUT2D eigenvalue weighted by molar-refractivity contribution is -0.283. The van der Waals surface area contributed by atoms with Crippen molar-refractivity contribution in [1.82, 2.24) is 0 Å². The summed E-state index contributed by atoms with van der Waals surface area (Å²) < 4.78 is 71.4. The Morgan fingerprint density at radius 1 is 0.767 bits per heavy atom. The Bertz CT molecular complexity index is 1350. The van der Waals surface area contributed by atoms with Crippen LogP contribution in [0.25, 0.3) is 0 Å². The zero-order chi connectivity index (χ0) is 30.8. The third-order valence-corrected chi connectivity index (χ3v) is 6.50. The van der Waals surface area contributed by atoms with Gasteiger partial charge in [0.15, 0.2) is 6.10 Å². The van der Waals surface area contributed by atoms with Gasteiger partial charge in [-0.2, -0.15) is 13.2 Å². The van der Waals surface area contributed by atoms with Crippen LogP contribution in [-0.4, -0.2) is 61.3 Å². The third-order valence-electron chi connectivity index (χ3n) is 6.50. The average Bonchev–Trinajstić information content (AvgIpc) is 3.00. The molecule has 2 unspecified atom stereocenters. The van der Waals surface area contributed by atoms with Crippen LogP contribution in [0.5, 0.6) is 0 Å². The van der Waals surface area contributed by atoms with E-state index in [9.17, 15) is 22.8 Å². The number of nitrogens with zero attached hydrogens (tertiary/aromatic N) is 1. The van der Waals surface area contributed by atoms with Crippen LogP contribution < -0.4 is 0 Å². The number of benzene rings is 3. The monoisotopic (exact) mass is 599 g/mol. The molecule has 3 aromatic rings. The zero-order valence-corrected chi connectivity index (χ0v) is 23.6. The minimum atomic E-state index is -5.04. The molecule has 43 heavy (non-hydrogen) atoms. The molecule has 0 bridgehead atoms. The molecular weight excluding hydrogens is 567 g/mol. The molecule has 8 nitrogen and oxygen atoms in total. The van der Waals surface area contributed by atoms with Gasteiger partial charge in [-0.05, 0) is 49.7 Å². The second kappa shape index (κ2) is 14.8. The molecule has 3 aromatic carbocycles. The van der Waals surface area contributed by atoms with Crippen LogP contribution in [0.3, 0.4) is 0 Å². The van der Waals surface area contributed by atoms with Crippen LogP contribution in [0.1, 0.15) is 47.4 Å². The van der Waals surface area contributed by atoms with Crippen LogP contribution in [-0.2, 0) is 23.7 Å². The van der Waals surface area contributed by atoms with Gasteiger partial charge in [0, 0.05) is 6.61 Å². The van der Waals surface area contributed by atoms with E-state index < -0.39 is 54.7 Å². The number of alkyl halides is 3. The van der Waals surface area contributed by atoms with Crippen molar-refractivity contribution in [3.8, 4) is 0 Å². The molecule has 1 saturated heterocycles. The number of unbranched alkanes of at least 4 members (excludes halogenated alkanes) is 1. The average molecular weight is 600 g/mol. The van der Waals surface area contributed by atoms with Crippen molar-refractivity contribution in [3.05, 3.63) is 102 Å². The van der Waals surface area contributed by atoms with Crippen molar-refractivity contribution >= 4 is 23.5 Å². The fraction of sp³-hybridized carbons (Fsp3) is 0.344. The van der Waals surface area contributed by atoms with Gasteiger partial charge >= 0.3 is 18.1 Å². The third kappa shape index (κ3) is 8.65.